The highest BCUT2D eigenvalue weighted by molar-refractivity contribution is 8.13. The zero-order valence-electron chi connectivity index (χ0n) is 12.9. The lowest BCUT2D eigenvalue weighted by atomic mass is 10.1. The number of primary amides is 1. The Labute approximate surface area is 148 Å². The first-order chi connectivity index (χ1) is 11.3. The number of carbonyl (C=O) groups excluding carboxylic acids is 2. The van der Waals surface area contributed by atoms with E-state index in [2.05, 4.69) is 10.4 Å². The van der Waals surface area contributed by atoms with Gasteiger partial charge in [0.05, 0.1) is 6.54 Å². The molecule has 0 spiro atoms. The third-order valence-electron chi connectivity index (χ3n) is 2.93. The average Bonchev–Trinajstić information content (AvgIpc) is 2.55. The van der Waals surface area contributed by atoms with Crippen molar-refractivity contribution in [2.24, 2.45) is 28.3 Å². The molecule has 0 bridgehead atoms. The van der Waals surface area contributed by atoms with Crippen LogP contribution in [0.5, 0.6) is 0 Å². The zero-order chi connectivity index (χ0) is 18.3. The molecule has 0 saturated heterocycles. The van der Waals surface area contributed by atoms with E-state index in [0.29, 0.717) is 17.3 Å². The molecule has 0 heterocycles. The molecule has 0 aliphatic carbocycles. The van der Waals surface area contributed by atoms with Crippen molar-refractivity contribution in [3.8, 4) is 0 Å². The van der Waals surface area contributed by atoms with Gasteiger partial charge in [0, 0.05) is 5.56 Å². The van der Waals surface area contributed by atoms with Crippen molar-refractivity contribution >= 4 is 46.0 Å². The summed E-state index contributed by atoms with van der Waals surface area (Å²) in [6.45, 7) is 0.365. The lowest BCUT2D eigenvalue weighted by Gasteiger charge is -2.18. The number of amidine groups is 1. The molecule has 1 atom stereocenters. The molecule has 1 rings (SSSR count). The van der Waals surface area contributed by atoms with E-state index < -0.39 is 17.9 Å². The van der Waals surface area contributed by atoms with Crippen LogP contribution in [0.25, 0.3) is 0 Å². The number of benzene rings is 1. The highest BCUT2D eigenvalue weighted by Gasteiger charge is 2.18. The Morgan fingerprint density at radius 2 is 1.96 bits per heavy atom. The van der Waals surface area contributed by atoms with Crippen LogP contribution >= 0.6 is 24.0 Å². The first-order valence-electron chi connectivity index (χ1n) is 6.63. The zero-order valence-corrected chi connectivity index (χ0v) is 14.6. The largest absolute Gasteiger partial charge is 0.368 e. The molecule has 1 unspecified atom stereocenters. The Hall–Kier alpha value is -2.21. The van der Waals surface area contributed by atoms with Crippen molar-refractivity contribution in [3.05, 3.63) is 35.4 Å². The number of hydrazine groups is 1. The third-order valence-corrected chi connectivity index (χ3v) is 3.99. The van der Waals surface area contributed by atoms with Gasteiger partial charge in [-0.15, -0.1) is 0 Å². The van der Waals surface area contributed by atoms with Crippen LogP contribution in [-0.2, 0) is 11.3 Å². The van der Waals surface area contributed by atoms with E-state index >= 15 is 0 Å². The lowest BCUT2D eigenvalue weighted by Crippen LogP contribution is -2.49. The number of carbonyl (C=O) groups is 2. The topological polar surface area (TPSA) is 166 Å². The molecule has 9 N–H and O–H groups in total. The van der Waals surface area contributed by atoms with Crippen LogP contribution in [0, 0.1) is 0 Å². The molecular formula is C13H19N7O2S2. The van der Waals surface area contributed by atoms with Crippen LogP contribution in [0.15, 0.2) is 29.4 Å². The first-order valence-corrected chi connectivity index (χ1v) is 8.26. The van der Waals surface area contributed by atoms with Crippen LogP contribution in [0.2, 0.25) is 0 Å². The molecule has 1 aromatic carbocycles. The van der Waals surface area contributed by atoms with Crippen LogP contribution < -0.4 is 28.5 Å². The number of hydrazone groups is 1. The fourth-order valence-corrected chi connectivity index (χ4v) is 2.27. The summed E-state index contributed by atoms with van der Waals surface area (Å²) in [5, 5.41) is 7.80. The monoisotopic (exact) mass is 369 g/mol. The summed E-state index contributed by atoms with van der Waals surface area (Å²) in [5.41, 5.74) is 11.7. The molecule has 0 fully saturated rings. The highest BCUT2D eigenvalue weighted by Crippen LogP contribution is 2.09. The summed E-state index contributed by atoms with van der Waals surface area (Å²) >= 11 is 6.17. The molecule has 0 aliphatic heterocycles. The standard InChI is InChI=1S/C13H19N7O2S2/c1-24-13(19-16)20(17)6-7-2-4-8(5-3-7)11(22)18-12(23)9(14)10(15)21/h2-5,9H,6,14,16-17H2,1H3,(H2,15,21)(H,18,22,23). The van der Waals surface area contributed by atoms with Gasteiger partial charge in [-0.1, -0.05) is 36.1 Å². The molecule has 24 heavy (non-hydrogen) atoms. The maximum atomic E-state index is 12.0. The summed E-state index contributed by atoms with van der Waals surface area (Å²) in [6.07, 6.45) is 1.80. The summed E-state index contributed by atoms with van der Waals surface area (Å²) in [6, 6.07) is 5.42. The summed E-state index contributed by atoms with van der Waals surface area (Å²) in [5.74, 6) is 9.77. The van der Waals surface area contributed by atoms with Gasteiger partial charge in [-0.3, -0.25) is 14.6 Å². The Kier molecular flexibility index (Phi) is 7.58. The number of rotatable bonds is 5. The quantitative estimate of drug-likeness (QED) is 0.142. The molecule has 0 aromatic heterocycles. The molecular weight excluding hydrogens is 350 g/mol. The van der Waals surface area contributed by atoms with Crippen LogP contribution in [0.1, 0.15) is 15.9 Å². The van der Waals surface area contributed by atoms with Crippen molar-refractivity contribution < 1.29 is 9.59 Å². The van der Waals surface area contributed by atoms with Gasteiger partial charge in [-0.25, -0.2) is 5.84 Å². The van der Waals surface area contributed by atoms with Gasteiger partial charge in [0.1, 0.15) is 11.0 Å². The van der Waals surface area contributed by atoms with E-state index in [1.807, 2.05) is 0 Å². The van der Waals surface area contributed by atoms with Crippen LogP contribution in [0.3, 0.4) is 0 Å². The Balaban J connectivity index is 2.72. The van der Waals surface area contributed by atoms with Crippen molar-refractivity contribution in [1.29, 1.82) is 0 Å². The molecule has 0 aliphatic rings. The average molecular weight is 369 g/mol. The van der Waals surface area contributed by atoms with Crippen LogP contribution in [0.4, 0.5) is 0 Å². The predicted octanol–water partition coefficient (Wildman–Crippen LogP) is -1.18. The molecule has 2 amide bonds. The summed E-state index contributed by atoms with van der Waals surface area (Å²) < 4.78 is 0. The highest BCUT2D eigenvalue weighted by atomic mass is 32.2. The number of nitrogens with one attached hydrogen (secondary N) is 1. The number of hydrogen-bond acceptors (Lipinski definition) is 8. The van der Waals surface area contributed by atoms with Crippen LogP contribution in [-0.4, -0.2) is 39.3 Å². The predicted molar refractivity (Wildman–Crippen MR) is 98.5 cm³/mol. The fourth-order valence-electron chi connectivity index (χ4n) is 1.66. The maximum Gasteiger partial charge on any atom is 0.256 e. The van der Waals surface area contributed by atoms with Gasteiger partial charge < -0.3 is 22.6 Å². The minimum absolute atomic E-state index is 0.131. The van der Waals surface area contributed by atoms with E-state index in [4.69, 9.17) is 35.4 Å². The van der Waals surface area contributed by atoms with Gasteiger partial charge in [-0.05, 0) is 24.0 Å². The number of thiocarbonyl (C=S) groups is 1. The second-order valence-corrected chi connectivity index (χ2v) is 5.85. The number of nitrogens with zero attached hydrogens (tertiary/aromatic N) is 2. The third kappa shape index (κ3) is 5.45. The van der Waals surface area contributed by atoms with E-state index in [1.54, 1.807) is 30.5 Å². The summed E-state index contributed by atoms with van der Waals surface area (Å²) in [7, 11) is 0. The molecule has 0 radical (unpaired) electrons. The summed E-state index contributed by atoms with van der Waals surface area (Å²) in [4.78, 5) is 22.8. The van der Waals surface area contributed by atoms with Gasteiger partial charge in [0.25, 0.3) is 5.91 Å². The van der Waals surface area contributed by atoms with Crippen molar-refractivity contribution in [1.82, 2.24) is 10.3 Å². The fraction of sp³-hybridized carbons (Fsp3) is 0.231. The van der Waals surface area contributed by atoms with E-state index in [9.17, 15) is 9.59 Å². The van der Waals surface area contributed by atoms with Gasteiger partial charge in [-0.2, -0.15) is 5.10 Å². The van der Waals surface area contributed by atoms with Crippen molar-refractivity contribution in [3.63, 3.8) is 0 Å². The minimum Gasteiger partial charge on any atom is -0.368 e. The molecule has 9 nitrogen and oxygen atoms in total. The Morgan fingerprint density at radius 1 is 1.38 bits per heavy atom. The lowest BCUT2D eigenvalue weighted by molar-refractivity contribution is -0.117. The Morgan fingerprint density at radius 3 is 2.42 bits per heavy atom. The van der Waals surface area contributed by atoms with E-state index in [-0.39, 0.29) is 4.99 Å². The minimum atomic E-state index is -1.21. The molecule has 1 aromatic rings. The van der Waals surface area contributed by atoms with Gasteiger partial charge in [0.15, 0.2) is 5.17 Å². The van der Waals surface area contributed by atoms with Crippen molar-refractivity contribution in [2.45, 2.75) is 12.6 Å². The second kappa shape index (κ2) is 9.17. The Bertz CT molecular complexity index is 648. The SMILES string of the molecule is CSC(=NN)N(N)Cc1ccc(C(=O)NC(=S)C(N)C(N)=O)cc1. The van der Waals surface area contributed by atoms with Crippen molar-refractivity contribution in [2.75, 3.05) is 6.26 Å². The number of nitrogens with two attached hydrogens (primary N) is 4. The molecule has 130 valence electrons. The first kappa shape index (κ1) is 19.8. The van der Waals surface area contributed by atoms with E-state index in [0.717, 1.165) is 5.56 Å². The van der Waals surface area contributed by atoms with E-state index in [1.165, 1.54) is 16.8 Å². The van der Waals surface area contributed by atoms with Gasteiger partial charge in [0.2, 0.25) is 5.91 Å². The number of amides is 2. The van der Waals surface area contributed by atoms with Gasteiger partial charge >= 0.3 is 0 Å². The normalized spacial score (nSPS) is 12.4. The number of thioether (sulfide) groups is 1. The smallest absolute Gasteiger partial charge is 0.256 e. The second-order valence-electron chi connectivity index (χ2n) is 4.64. The maximum absolute atomic E-state index is 12.0. The molecule has 0 saturated carbocycles. The number of hydrogen-bond donors (Lipinski definition) is 5. The molecule has 11 heteroatoms.